The third-order valence-corrected chi connectivity index (χ3v) is 5.21. The fourth-order valence-corrected chi connectivity index (χ4v) is 3.51. The van der Waals surface area contributed by atoms with Gasteiger partial charge in [-0.3, -0.25) is 10.1 Å². The first-order valence-corrected chi connectivity index (χ1v) is 9.55. The minimum absolute atomic E-state index is 0.00644. The van der Waals surface area contributed by atoms with Gasteiger partial charge >= 0.3 is 0 Å². The van der Waals surface area contributed by atoms with E-state index >= 15 is 0 Å². The van der Waals surface area contributed by atoms with Gasteiger partial charge in [-0.2, -0.15) is 5.26 Å². The number of anilines is 1. The first-order chi connectivity index (χ1) is 12.8. The van der Waals surface area contributed by atoms with E-state index in [4.69, 9.17) is 11.6 Å². The largest absolute Gasteiger partial charge is 0.297 e. The Hall–Kier alpha value is -2.68. The summed E-state index contributed by atoms with van der Waals surface area (Å²) >= 11 is 7.25. The van der Waals surface area contributed by atoms with E-state index < -0.39 is 5.91 Å². The van der Waals surface area contributed by atoms with E-state index in [9.17, 15) is 10.1 Å². The van der Waals surface area contributed by atoms with Crippen molar-refractivity contribution in [1.82, 2.24) is 4.98 Å². The number of benzene rings is 2. The first-order valence-electron chi connectivity index (χ1n) is 8.36. The molecule has 0 aliphatic rings. The maximum Gasteiger partial charge on any atom is 0.268 e. The van der Waals surface area contributed by atoms with Gasteiger partial charge in [0.25, 0.3) is 5.91 Å². The fraction of sp³-hybridized carbons (Fsp3) is 0.190. The number of hydrogen-bond donors (Lipinski definition) is 1. The minimum Gasteiger partial charge on any atom is -0.297 e. The van der Waals surface area contributed by atoms with Gasteiger partial charge in [-0.05, 0) is 46.9 Å². The Bertz CT molecular complexity index is 1070. The normalized spacial score (nSPS) is 12.0. The number of carbonyl (C=O) groups is 1. The number of hydrogen-bond acceptors (Lipinski definition) is 4. The SMILES string of the molecule is CC(C)(C)c1ccc2nc(NC(=O)/C(C#N)=C/c3ccc(Cl)cc3)sc2c1. The van der Waals surface area contributed by atoms with E-state index in [1.54, 1.807) is 24.3 Å². The van der Waals surface area contributed by atoms with Crippen LogP contribution >= 0.6 is 22.9 Å². The number of nitriles is 1. The van der Waals surface area contributed by atoms with Crippen LogP contribution in [0.3, 0.4) is 0 Å². The monoisotopic (exact) mass is 395 g/mol. The predicted octanol–water partition coefficient (Wildman–Crippen LogP) is 5.79. The van der Waals surface area contributed by atoms with Crippen molar-refractivity contribution in [2.24, 2.45) is 0 Å². The van der Waals surface area contributed by atoms with Crippen LogP contribution in [-0.4, -0.2) is 10.9 Å². The van der Waals surface area contributed by atoms with Crippen molar-refractivity contribution in [3.63, 3.8) is 0 Å². The predicted molar refractivity (Wildman–Crippen MR) is 112 cm³/mol. The van der Waals surface area contributed by atoms with Crippen LogP contribution in [0.1, 0.15) is 31.9 Å². The Morgan fingerprint density at radius 1 is 1.22 bits per heavy atom. The summed E-state index contributed by atoms with van der Waals surface area (Å²) in [6.07, 6.45) is 1.52. The zero-order chi connectivity index (χ0) is 19.6. The molecule has 2 aromatic carbocycles. The second-order valence-corrected chi connectivity index (χ2v) is 8.59. The molecular weight excluding hydrogens is 378 g/mol. The molecule has 0 saturated carbocycles. The third kappa shape index (κ3) is 4.54. The van der Waals surface area contributed by atoms with Gasteiger partial charge < -0.3 is 0 Å². The molecule has 1 amide bonds. The Morgan fingerprint density at radius 2 is 1.93 bits per heavy atom. The Balaban J connectivity index is 1.84. The highest BCUT2D eigenvalue weighted by atomic mass is 35.5. The van der Waals surface area contributed by atoms with Crippen LogP contribution in [0.25, 0.3) is 16.3 Å². The summed E-state index contributed by atoms with van der Waals surface area (Å²) in [5.74, 6) is -0.484. The van der Waals surface area contributed by atoms with Gasteiger partial charge in [-0.1, -0.05) is 61.9 Å². The Kier molecular flexibility index (Phi) is 5.31. The molecule has 1 heterocycles. The van der Waals surface area contributed by atoms with Crippen LogP contribution in [0.5, 0.6) is 0 Å². The number of halogens is 1. The molecule has 0 saturated heterocycles. The molecule has 0 atom stereocenters. The quantitative estimate of drug-likeness (QED) is 0.450. The molecule has 0 aliphatic carbocycles. The van der Waals surface area contributed by atoms with Crippen LogP contribution in [-0.2, 0) is 10.2 Å². The van der Waals surface area contributed by atoms with Crippen molar-refractivity contribution in [2.45, 2.75) is 26.2 Å². The second-order valence-electron chi connectivity index (χ2n) is 7.13. The van der Waals surface area contributed by atoms with E-state index in [1.165, 1.54) is 23.0 Å². The summed E-state index contributed by atoms with van der Waals surface area (Å²) < 4.78 is 0.998. The van der Waals surface area contributed by atoms with Crippen molar-refractivity contribution in [3.8, 4) is 6.07 Å². The average Bonchev–Trinajstić information content (AvgIpc) is 3.01. The van der Waals surface area contributed by atoms with Crippen molar-refractivity contribution >= 4 is 50.3 Å². The molecule has 1 N–H and O–H groups in total. The van der Waals surface area contributed by atoms with Gasteiger partial charge in [-0.15, -0.1) is 0 Å². The lowest BCUT2D eigenvalue weighted by Gasteiger charge is -2.18. The molecule has 136 valence electrons. The topological polar surface area (TPSA) is 65.8 Å². The highest BCUT2D eigenvalue weighted by Gasteiger charge is 2.16. The lowest BCUT2D eigenvalue weighted by Crippen LogP contribution is -2.13. The first kappa shape index (κ1) is 19.1. The minimum atomic E-state index is -0.484. The lowest BCUT2D eigenvalue weighted by atomic mass is 9.87. The van der Waals surface area contributed by atoms with Crippen molar-refractivity contribution in [2.75, 3.05) is 5.32 Å². The number of fused-ring (bicyclic) bond motifs is 1. The summed E-state index contributed by atoms with van der Waals surface area (Å²) in [6.45, 7) is 6.45. The number of nitrogens with zero attached hydrogens (tertiary/aromatic N) is 2. The van der Waals surface area contributed by atoms with Crippen molar-refractivity contribution in [1.29, 1.82) is 5.26 Å². The molecule has 0 aliphatic heterocycles. The molecule has 4 nitrogen and oxygen atoms in total. The van der Waals surface area contributed by atoms with Crippen LogP contribution in [0, 0.1) is 11.3 Å². The summed E-state index contributed by atoms with van der Waals surface area (Å²) in [4.78, 5) is 16.9. The zero-order valence-corrected chi connectivity index (χ0v) is 16.8. The van der Waals surface area contributed by atoms with Crippen molar-refractivity contribution in [3.05, 3.63) is 64.2 Å². The van der Waals surface area contributed by atoms with Gasteiger partial charge in [0.05, 0.1) is 10.2 Å². The van der Waals surface area contributed by atoms with E-state index in [1.807, 2.05) is 12.1 Å². The second kappa shape index (κ2) is 7.51. The highest BCUT2D eigenvalue weighted by molar-refractivity contribution is 7.22. The summed E-state index contributed by atoms with van der Waals surface area (Å²) in [5, 5.41) is 13.1. The Morgan fingerprint density at radius 3 is 2.56 bits per heavy atom. The van der Waals surface area contributed by atoms with Gasteiger partial charge in [0.2, 0.25) is 0 Å². The van der Waals surface area contributed by atoms with E-state index in [0.717, 1.165) is 15.8 Å². The van der Waals surface area contributed by atoms with Gasteiger partial charge in [0, 0.05) is 5.02 Å². The Labute approximate surface area is 167 Å². The van der Waals surface area contributed by atoms with Crippen LogP contribution in [0.4, 0.5) is 5.13 Å². The molecule has 0 fully saturated rings. The fourth-order valence-electron chi connectivity index (χ4n) is 2.48. The molecule has 0 bridgehead atoms. The molecule has 27 heavy (non-hydrogen) atoms. The molecular formula is C21H18ClN3OS. The van der Waals surface area contributed by atoms with Gasteiger partial charge in [-0.25, -0.2) is 4.98 Å². The maximum absolute atomic E-state index is 12.5. The molecule has 6 heteroatoms. The number of carbonyl (C=O) groups excluding carboxylic acids is 1. The smallest absolute Gasteiger partial charge is 0.268 e. The summed E-state index contributed by atoms with van der Waals surface area (Å²) in [7, 11) is 0. The van der Waals surface area contributed by atoms with Gasteiger partial charge in [0.15, 0.2) is 5.13 Å². The number of thiazole rings is 1. The third-order valence-electron chi connectivity index (χ3n) is 4.02. The summed E-state index contributed by atoms with van der Waals surface area (Å²) in [5.41, 5.74) is 2.80. The number of aromatic nitrogens is 1. The molecule has 3 aromatic rings. The zero-order valence-electron chi connectivity index (χ0n) is 15.2. The maximum atomic E-state index is 12.5. The molecule has 0 radical (unpaired) electrons. The number of amides is 1. The van der Waals surface area contributed by atoms with Gasteiger partial charge in [0.1, 0.15) is 11.6 Å². The van der Waals surface area contributed by atoms with Crippen molar-refractivity contribution < 1.29 is 4.79 Å². The average molecular weight is 396 g/mol. The van der Waals surface area contributed by atoms with E-state index in [-0.39, 0.29) is 11.0 Å². The highest BCUT2D eigenvalue weighted by Crippen LogP contribution is 2.31. The number of nitrogens with one attached hydrogen (secondary N) is 1. The van der Waals surface area contributed by atoms with E-state index in [0.29, 0.717) is 10.2 Å². The van der Waals surface area contributed by atoms with E-state index in [2.05, 4.69) is 43.2 Å². The van der Waals surface area contributed by atoms with Crippen LogP contribution in [0.2, 0.25) is 5.02 Å². The molecule has 1 aromatic heterocycles. The molecule has 0 unspecified atom stereocenters. The lowest BCUT2D eigenvalue weighted by molar-refractivity contribution is -0.112. The van der Waals surface area contributed by atoms with Crippen LogP contribution in [0.15, 0.2) is 48.0 Å². The standard InChI is InChI=1S/C21H18ClN3OS/c1-21(2,3)15-6-9-17-18(11-15)27-20(24-17)25-19(26)14(12-23)10-13-4-7-16(22)8-5-13/h4-11H,1-3H3,(H,24,25,26)/b14-10+. The number of rotatable bonds is 3. The molecule has 0 spiro atoms. The summed E-state index contributed by atoms with van der Waals surface area (Å²) in [6, 6.07) is 15.0. The van der Waals surface area contributed by atoms with Crippen LogP contribution < -0.4 is 5.32 Å². The molecule has 3 rings (SSSR count).